The Morgan fingerprint density at radius 3 is 2.53 bits per heavy atom. The molecule has 1 saturated heterocycles. The van der Waals surface area contributed by atoms with Crippen LogP contribution >= 0.6 is 0 Å². The molecule has 1 aromatic rings. The minimum absolute atomic E-state index is 0.202. The van der Waals surface area contributed by atoms with Gasteiger partial charge in [-0.05, 0) is 31.2 Å². The van der Waals surface area contributed by atoms with Crippen LogP contribution in [0.3, 0.4) is 0 Å². The first-order valence-corrected chi connectivity index (χ1v) is 5.33. The number of aliphatic hydroxyl groups excluding tert-OH is 1. The van der Waals surface area contributed by atoms with Crippen LogP contribution in [-0.4, -0.2) is 42.9 Å². The number of likely N-dealkylation sites (tertiary alicyclic amines) is 1. The zero-order valence-electron chi connectivity index (χ0n) is 9.02. The summed E-state index contributed by atoms with van der Waals surface area (Å²) in [6, 6.07) is 7.97. The average molecular weight is 207 g/mol. The Hall–Kier alpha value is -1.06. The third-order valence-electron chi connectivity index (χ3n) is 2.66. The molecular weight excluding hydrogens is 190 g/mol. The molecule has 2 rings (SSSR count). The zero-order chi connectivity index (χ0) is 10.7. The van der Waals surface area contributed by atoms with Crippen molar-refractivity contribution in [3.63, 3.8) is 0 Å². The molecule has 0 spiro atoms. The summed E-state index contributed by atoms with van der Waals surface area (Å²) < 4.78 is 5.75. The van der Waals surface area contributed by atoms with Gasteiger partial charge in [0, 0.05) is 19.7 Å². The first kappa shape index (κ1) is 10.5. The van der Waals surface area contributed by atoms with E-state index in [9.17, 15) is 0 Å². The number of hydrogen-bond donors (Lipinski definition) is 1. The maximum atomic E-state index is 8.77. The van der Waals surface area contributed by atoms with Gasteiger partial charge in [0.05, 0.1) is 0 Å². The van der Waals surface area contributed by atoms with Gasteiger partial charge >= 0.3 is 0 Å². The van der Waals surface area contributed by atoms with Crippen LogP contribution in [0.5, 0.6) is 5.75 Å². The first-order valence-electron chi connectivity index (χ1n) is 5.33. The summed E-state index contributed by atoms with van der Waals surface area (Å²) in [5, 5.41) is 8.77. The molecule has 1 aliphatic rings. The Balaban J connectivity index is 1.87. The molecule has 15 heavy (non-hydrogen) atoms. The predicted octanol–water partition coefficient (Wildman–Crippen LogP) is 0.914. The lowest BCUT2D eigenvalue weighted by atomic mass is 10.1. The molecule has 3 heteroatoms. The Morgan fingerprint density at radius 2 is 2.00 bits per heavy atom. The van der Waals surface area contributed by atoms with Crippen LogP contribution in [0, 0.1) is 0 Å². The molecule has 1 heterocycles. The van der Waals surface area contributed by atoms with E-state index in [2.05, 4.69) is 11.9 Å². The Morgan fingerprint density at radius 1 is 1.33 bits per heavy atom. The second-order valence-corrected chi connectivity index (χ2v) is 4.08. The molecule has 1 fully saturated rings. The van der Waals surface area contributed by atoms with Crippen LogP contribution in [-0.2, 0) is 6.42 Å². The van der Waals surface area contributed by atoms with E-state index in [1.165, 1.54) is 0 Å². The smallest absolute Gasteiger partial charge is 0.124 e. The van der Waals surface area contributed by atoms with Crippen LogP contribution in [0.4, 0.5) is 0 Å². The van der Waals surface area contributed by atoms with Crippen LogP contribution in [0.2, 0.25) is 0 Å². The summed E-state index contributed by atoms with van der Waals surface area (Å²) in [6.07, 6.45) is 1.06. The second-order valence-electron chi connectivity index (χ2n) is 4.08. The summed E-state index contributed by atoms with van der Waals surface area (Å²) in [6.45, 7) is 2.23. The van der Waals surface area contributed by atoms with Crippen molar-refractivity contribution in [1.82, 2.24) is 4.90 Å². The summed E-state index contributed by atoms with van der Waals surface area (Å²) in [4.78, 5) is 2.23. The number of likely N-dealkylation sites (N-methyl/N-ethyl adjacent to an activating group) is 1. The molecule has 82 valence electrons. The highest BCUT2D eigenvalue weighted by Crippen LogP contribution is 2.17. The molecule has 0 bridgehead atoms. The number of rotatable bonds is 4. The van der Waals surface area contributed by atoms with Gasteiger partial charge in [-0.15, -0.1) is 0 Å². The molecular formula is C12H17NO2. The van der Waals surface area contributed by atoms with E-state index >= 15 is 0 Å². The van der Waals surface area contributed by atoms with Gasteiger partial charge in [-0.1, -0.05) is 12.1 Å². The number of benzene rings is 1. The fraction of sp³-hybridized carbons (Fsp3) is 0.500. The van der Waals surface area contributed by atoms with Gasteiger partial charge in [0.1, 0.15) is 11.9 Å². The lowest BCUT2D eigenvalue weighted by molar-refractivity contribution is 0.0388. The van der Waals surface area contributed by atoms with Crippen LogP contribution in [0.15, 0.2) is 24.3 Å². The van der Waals surface area contributed by atoms with Crippen molar-refractivity contribution in [2.75, 3.05) is 26.7 Å². The maximum absolute atomic E-state index is 8.77. The summed E-state index contributed by atoms with van der Waals surface area (Å²) >= 11 is 0. The van der Waals surface area contributed by atoms with Gasteiger partial charge in [-0.25, -0.2) is 0 Å². The highest BCUT2D eigenvalue weighted by molar-refractivity contribution is 5.27. The van der Waals surface area contributed by atoms with Gasteiger partial charge in [0.2, 0.25) is 0 Å². The van der Waals surface area contributed by atoms with Crippen molar-refractivity contribution >= 4 is 0 Å². The summed E-state index contributed by atoms with van der Waals surface area (Å²) in [5.41, 5.74) is 1.15. The molecule has 0 aliphatic carbocycles. The van der Waals surface area contributed by atoms with Crippen molar-refractivity contribution in [2.24, 2.45) is 0 Å². The minimum Gasteiger partial charge on any atom is -0.488 e. The third kappa shape index (κ3) is 2.70. The van der Waals surface area contributed by atoms with E-state index in [-0.39, 0.29) is 6.61 Å². The monoisotopic (exact) mass is 207 g/mol. The van der Waals surface area contributed by atoms with E-state index in [0.717, 1.165) is 24.4 Å². The van der Waals surface area contributed by atoms with Gasteiger partial charge in [0.15, 0.2) is 0 Å². The molecule has 3 nitrogen and oxygen atoms in total. The normalized spacial score (nSPS) is 17.5. The summed E-state index contributed by atoms with van der Waals surface area (Å²) in [5.74, 6) is 0.926. The molecule has 0 unspecified atom stereocenters. The molecule has 1 aromatic carbocycles. The van der Waals surface area contributed by atoms with Crippen molar-refractivity contribution in [3.8, 4) is 5.75 Å². The standard InChI is InChI=1S/C12H17NO2/c1-13-8-12(9-13)15-11-4-2-10(3-5-11)6-7-14/h2-5,12,14H,6-9H2,1H3. The number of ether oxygens (including phenoxy) is 1. The Labute approximate surface area is 90.3 Å². The number of aliphatic hydroxyl groups is 1. The highest BCUT2D eigenvalue weighted by atomic mass is 16.5. The van der Waals surface area contributed by atoms with E-state index in [4.69, 9.17) is 9.84 Å². The minimum atomic E-state index is 0.202. The van der Waals surface area contributed by atoms with Crippen molar-refractivity contribution in [3.05, 3.63) is 29.8 Å². The first-order chi connectivity index (χ1) is 7.28. The zero-order valence-corrected chi connectivity index (χ0v) is 9.02. The molecule has 0 amide bonds. The summed E-state index contributed by atoms with van der Waals surface area (Å²) in [7, 11) is 2.09. The van der Waals surface area contributed by atoms with Crippen molar-refractivity contribution < 1.29 is 9.84 Å². The van der Waals surface area contributed by atoms with Crippen LogP contribution in [0.25, 0.3) is 0 Å². The van der Waals surface area contributed by atoms with Crippen LogP contribution < -0.4 is 4.74 Å². The van der Waals surface area contributed by atoms with Gasteiger partial charge in [-0.2, -0.15) is 0 Å². The highest BCUT2D eigenvalue weighted by Gasteiger charge is 2.24. The Kier molecular flexibility index (Phi) is 3.23. The fourth-order valence-corrected chi connectivity index (χ4v) is 1.77. The van der Waals surface area contributed by atoms with Crippen LogP contribution in [0.1, 0.15) is 5.56 Å². The average Bonchev–Trinajstić information content (AvgIpc) is 2.19. The largest absolute Gasteiger partial charge is 0.488 e. The third-order valence-corrected chi connectivity index (χ3v) is 2.66. The second kappa shape index (κ2) is 4.64. The quantitative estimate of drug-likeness (QED) is 0.796. The predicted molar refractivity (Wildman–Crippen MR) is 59.1 cm³/mol. The van der Waals surface area contributed by atoms with Gasteiger partial charge < -0.3 is 9.84 Å². The molecule has 1 aliphatic heterocycles. The molecule has 0 atom stereocenters. The van der Waals surface area contributed by atoms with E-state index in [0.29, 0.717) is 12.5 Å². The lowest BCUT2D eigenvalue weighted by Gasteiger charge is -2.36. The molecule has 0 saturated carbocycles. The molecule has 0 radical (unpaired) electrons. The van der Waals surface area contributed by atoms with E-state index in [1.54, 1.807) is 0 Å². The van der Waals surface area contributed by atoms with Gasteiger partial charge in [-0.3, -0.25) is 4.90 Å². The lowest BCUT2D eigenvalue weighted by Crippen LogP contribution is -2.51. The molecule has 1 N–H and O–H groups in total. The number of hydrogen-bond acceptors (Lipinski definition) is 3. The van der Waals surface area contributed by atoms with E-state index < -0.39 is 0 Å². The van der Waals surface area contributed by atoms with E-state index in [1.807, 2.05) is 24.3 Å². The number of nitrogens with zero attached hydrogens (tertiary/aromatic N) is 1. The maximum Gasteiger partial charge on any atom is 0.124 e. The van der Waals surface area contributed by atoms with Crippen molar-refractivity contribution in [2.45, 2.75) is 12.5 Å². The van der Waals surface area contributed by atoms with Crippen molar-refractivity contribution in [1.29, 1.82) is 0 Å². The Bertz CT molecular complexity index is 304. The topological polar surface area (TPSA) is 32.7 Å². The SMILES string of the molecule is CN1CC(Oc2ccc(CCO)cc2)C1. The van der Waals surface area contributed by atoms with Gasteiger partial charge in [0.25, 0.3) is 0 Å². The molecule has 0 aromatic heterocycles. The fourth-order valence-electron chi connectivity index (χ4n) is 1.77.